The number of piperazine rings is 1. The number of carboxylic acid groups (broad SMARTS) is 1. The van der Waals surface area contributed by atoms with Gasteiger partial charge in [0.25, 0.3) is 5.91 Å². The predicted octanol–water partition coefficient (Wildman–Crippen LogP) is 1.58. The second-order valence-electron chi connectivity index (χ2n) is 6.06. The zero-order valence-electron chi connectivity index (χ0n) is 14.5. The van der Waals surface area contributed by atoms with Crippen molar-refractivity contribution in [1.29, 1.82) is 0 Å². The third-order valence-corrected chi connectivity index (χ3v) is 4.31. The van der Waals surface area contributed by atoms with Crippen LogP contribution in [-0.2, 0) is 11.2 Å². The summed E-state index contributed by atoms with van der Waals surface area (Å²) in [6.07, 6.45) is 1.39. The van der Waals surface area contributed by atoms with Crippen LogP contribution < -0.4 is 5.32 Å². The van der Waals surface area contributed by atoms with E-state index >= 15 is 0 Å². The number of carboxylic acids is 1. The molecule has 0 aliphatic carbocycles. The molecular weight excluding hydrogens is 322 g/mol. The normalized spacial score (nSPS) is 14.3. The van der Waals surface area contributed by atoms with E-state index in [-0.39, 0.29) is 18.4 Å². The van der Waals surface area contributed by atoms with Crippen LogP contribution >= 0.6 is 0 Å². The summed E-state index contributed by atoms with van der Waals surface area (Å²) >= 11 is 0. The second kappa shape index (κ2) is 9.05. The molecule has 2 N–H and O–H groups in total. The first-order chi connectivity index (χ1) is 12.0. The Morgan fingerprint density at radius 2 is 1.64 bits per heavy atom. The Hall–Kier alpha value is -2.57. The molecule has 7 heteroatoms. The molecule has 0 atom stereocenters. The van der Waals surface area contributed by atoms with Gasteiger partial charge in [0.15, 0.2) is 0 Å². The Bertz CT molecular complexity index is 607. The number of nitrogens with zero attached hydrogens (tertiary/aromatic N) is 2. The Kier molecular flexibility index (Phi) is 6.80. The molecule has 0 unspecified atom stereocenters. The summed E-state index contributed by atoms with van der Waals surface area (Å²) in [5.41, 5.74) is 1.87. The van der Waals surface area contributed by atoms with Gasteiger partial charge in [-0.2, -0.15) is 0 Å². The topological polar surface area (TPSA) is 90.0 Å². The van der Waals surface area contributed by atoms with Gasteiger partial charge in [-0.3, -0.25) is 9.59 Å². The highest BCUT2D eigenvalue weighted by Gasteiger charge is 2.24. The van der Waals surface area contributed by atoms with E-state index in [4.69, 9.17) is 5.11 Å². The number of aryl methyl sites for hydroxylation is 1. The fourth-order valence-corrected chi connectivity index (χ4v) is 2.72. The molecule has 0 aromatic heterocycles. The summed E-state index contributed by atoms with van der Waals surface area (Å²) in [6, 6.07) is 7.43. The van der Waals surface area contributed by atoms with Crippen molar-refractivity contribution in [3.8, 4) is 0 Å². The van der Waals surface area contributed by atoms with Crippen LogP contribution in [0.2, 0.25) is 0 Å². The number of carbonyl (C=O) groups excluding carboxylic acids is 2. The Labute approximate surface area is 147 Å². The molecule has 136 valence electrons. The molecule has 2 rings (SSSR count). The maximum atomic E-state index is 12.5. The first-order valence-corrected chi connectivity index (χ1v) is 8.64. The lowest BCUT2D eigenvalue weighted by molar-refractivity contribution is -0.137. The van der Waals surface area contributed by atoms with Crippen molar-refractivity contribution in [3.05, 3.63) is 35.4 Å². The van der Waals surface area contributed by atoms with Crippen molar-refractivity contribution in [2.75, 3.05) is 32.7 Å². The number of benzene rings is 1. The highest BCUT2D eigenvalue weighted by molar-refractivity contribution is 5.94. The molecular formula is C18H25N3O4. The van der Waals surface area contributed by atoms with E-state index in [1.54, 1.807) is 9.80 Å². The highest BCUT2D eigenvalue weighted by atomic mass is 16.4. The molecule has 1 aromatic rings. The van der Waals surface area contributed by atoms with Gasteiger partial charge < -0.3 is 20.2 Å². The van der Waals surface area contributed by atoms with Gasteiger partial charge in [0.05, 0.1) is 0 Å². The van der Waals surface area contributed by atoms with Crippen molar-refractivity contribution in [1.82, 2.24) is 15.1 Å². The number of hydrogen-bond donors (Lipinski definition) is 2. The number of urea groups is 1. The number of amides is 3. The average Bonchev–Trinajstić information content (AvgIpc) is 2.64. The number of carbonyl (C=O) groups is 3. The summed E-state index contributed by atoms with van der Waals surface area (Å²) in [4.78, 5) is 38.4. The molecule has 3 amide bonds. The van der Waals surface area contributed by atoms with Crippen molar-refractivity contribution < 1.29 is 19.5 Å². The number of hydrogen-bond acceptors (Lipinski definition) is 3. The van der Waals surface area contributed by atoms with Crippen LogP contribution in [0.15, 0.2) is 24.3 Å². The van der Waals surface area contributed by atoms with Gasteiger partial charge in [-0.25, -0.2) is 4.79 Å². The fraction of sp³-hybridized carbons (Fsp3) is 0.500. The van der Waals surface area contributed by atoms with Gasteiger partial charge in [0, 0.05) is 44.7 Å². The van der Waals surface area contributed by atoms with E-state index < -0.39 is 5.97 Å². The molecule has 0 saturated carbocycles. The Balaban J connectivity index is 1.77. The lowest BCUT2D eigenvalue weighted by atomic mass is 10.1. The number of aliphatic carboxylic acids is 1. The van der Waals surface area contributed by atoms with Gasteiger partial charge in [-0.15, -0.1) is 0 Å². The number of nitrogens with one attached hydrogen (secondary N) is 1. The third kappa shape index (κ3) is 5.48. The van der Waals surface area contributed by atoms with Crippen LogP contribution in [0, 0.1) is 0 Å². The Morgan fingerprint density at radius 1 is 1.04 bits per heavy atom. The molecule has 1 saturated heterocycles. The zero-order valence-corrected chi connectivity index (χ0v) is 14.5. The molecule has 1 aliphatic heterocycles. The maximum absolute atomic E-state index is 12.5. The van der Waals surface area contributed by atoms with E-state index in [0.29, 0.717) is 44.7 Å². The van der Waals surface area contributed by atoms with Crippen LogP contribution in [0.3, 0.4) is 0 Å². The molecule has 0 spiro atoms. The van der Waals surface area contributed by atoms with Crippen LogP contribution in [0.1, 0.15) is 35.7 Å². The summed E-state index contributed by atoms with van der Waals surface area (Å²) < 4.78 is 0. The van der Waals surface area contributed by atoms with Crippen molar-refractivity contribution in [3.63, 3.8) is 0 Å². The largest absolute Gasteiger partial charge is 0.481 e. The van der Waals surface area contributed by atoms with Crippen LogP contribution in [0.25, 0.3) is 0 Å². The standard InChI is InChI=1S/C18H25N3O4/c1-2-14-5-7-15(8-6-14)17(24)20-10-12-21(13-11-20)18(25)19-9-3-4-16(22)23/h5-8H,2-4,9-13H2,1H3,(H,19,25)(H,22,23). The lowest BCUT2D eigenvalue weighted by Crippen LogP contribution is -2.53. The van der Waals surface area contributed by atoms with Crippen LogP contribution in [-0.4, -0.2) is 65.5 Å². The summed E-state index contributed by atoms with van der Waals surface area (Å²) in [5, 5.41) is 11.3. The van der Waals surface area contributed by atoms with Gasteiger partial charge in [-0.1, -0.05) is 19.1 Å². The first-order valence-electron chi connectivity index (χ1n) is 8.64. The molecule has 0 radical (unpaired) electrons. The lowest BCUT2D eigenvalue weighted by Gasteiger charge is -2.34. The van der Waals surface area contributed by atoms with Gasteiger partial charge in [-0.05, 0) is 30.5 Å². The quantitative estimate of drug-likeness (QED) is 0.765. The summed E-state index contributed by atoms with van der Waals surface area (Å²) in [5.74, 6) is -0.877. The van der Waals surface area contributed by atoms with Gasteiger partial charge >= 0.3 is 12.0 Å². The van der Waals surface area contributed by atoms with Crippen molar-refractivity contribution in [2.45, 2.75) is 26.2 Å². The molecule has 7 nitrogen and oxygen atoms in total. The van der Waals surface area contributed by atoms with E-state index in [2.05, 4.69) is 12.2 Å². The average molecular weight is 347 g/mol. The number of rotatable bonds is 6. The van der Waals surface area contributed by atoms with E-state index in [9.17, 15) is 14.4 Å². The molecule has 1 aliphatic rings. The minimum Gasteiger partial charge on any atom is -0.481 e. The SMILES string of the molecule is CCc1ccc(C(=O)N2CCN(C(=O)NCCCC(=O)O)CC2)cc1. The minimum absolute atomic E-state index is 0.0100. The maximum Gasteiger partial charge on any atom is 0.317 e. The van der Waals surface area contributed by atoms with E-state index in [1.807, 2.05) is 24.3 Å². The van der Waals surface area contributed by atoms with E-state index in [1.165, 1.54) is 5.56 Å². The van der Waals surface area contributed by atoms with Gasteiger partial charge in [0.1, 0.15) is 0 Å². The third-order valence-electron chi connectivity index (χ3n) is 4.31. The second-order valence-corrected chi connectivity index (χ2v) is 6.06. The molecule has 25 heavy (non-hydrogen) atoms. The molecule has 1 heterocycles. The van der Waals surface area contributed by atoms with Crippen molar-refractivity contribution in [2.24, 2.45) is 0 Å². The van der Waals surface area contributed by atoms with Crippen LogP contribution in [0.5, 0.6) is 0 Å². The smallest absolute Gasteiger partial charge is 0.317 e. The minimum atomic E-state index is -0.867. The monoisotopic (exact) mass is 347 g/mol. The van der Waals surface area contributed by atoms with Crippen LogP contribution in [0.4, 0.5) is 4.79 Å². The highest BCUT2D eigenvalue weighted by Crippen LogP contribution is 2.11. The van der Waals surface area contributed by atoms with E-state index in [0.717, 1.165) is 6.42 Å². The zero-order chi connectivity index (χ0) is 18.2. The fourth-order valence-electron chi connectivity index (χ4n) is 2.72. The molecule has 1 fully saturated rings. The molecule has 0 bridgehead atoms. The summed E-state index contributed by atoms with van der Waals surface area (Å²) in [7, 11) is 0. The predicted molar refractivity (Wildman–Crippen MR) is 93.6 cm³/mol. The van der Waals surface area contributed by atoms with Crippen molar-refractivity contribution >= 4 is 17.9 Å². The Morgan fingerprint density at radius 3 is 2.20 bits per heavy atom. The summed E-state index contributed by atoms with van der Waals surface area (Å²) in [6.45, 7) is 4.36. The van der Waals surface area contributed by atoms with Gasteiger partial charge in [0.2, 0.25) is 0 Å². The first kappa shape index (κ1) is 18.8. The molecule has 1 aromatic carbocycles.